The fourth-order valence-corrected chi connectivity index (χ4v) is 3.05. The third-order valence-corrected chi connectivity index (χ3v) is 4.20. The van der Waals surface area contributed by atoms with Crippen molar-refractivity contribution in [1.29, 1.82) is 0 Å². The van der Waals surface area contributed by atoms with E-state index in [4.69, 9.17) is 0 Å². The van der Waals surface area contributed by atoms with Gasteiger partial charge in [0.15, 0.2) is 0 Å². The summed E-state index contributed by atoms with van der Waals surface area (Å²) >= 11 is 0. The molecule has 0 aliphatic carbocycles. The minimum Gasteiger partial charge on any atom is -0.388 e. The number of hydrogen-bond donors (Lipinski definition) is 2. The zero-order chi connectivity index (χ0) is 15.8. The van der Waals surface area contributed by atoms with Crippen LogP contribution in [0.3, 0.4) is 0 Å². The van der Waals surface area contributed by atoms with Crippen LogP contribution in [0.2, 0.25) is 0 Å². The minimum atomic E-state index is 1.10. The van der Waals surface area contributed by atoms with Crippen molar-refractivity contribution >= 4 is 34.1 Å². The Hall–Kier alpha value is -2.94. The Morgan fingerprint density at radius 1 is 0.826 bits per heavy atom. The lowest BCUT2D eigenvalue weighted by molar-refractivity contribution is 1.24. The van der Waals surface area contributed by atoms with Crippen LogP contribution in [0.4, 0.5) is 34.1 Å². The molecule has 23 heavy (non-hydrogen) atoms. The Morgan fingerprint density at radius 3 is 2.43 bits per heavy atom. The summed E-state index contributed by atoms with van der Waals surface area (Å²) in [5.74, 6) is 0. The van der Waals surface area contributed by atoms with Crippen LogP contribution in [0.1, 0.15) is 5.56 Å². The molecule has 3 aromatic carbocycles. The van der Waals surface area contributed by atoms with Gasteiger partial charge in [0.2, 0.25) is 0 Å². The molecule has 1 aliphatic rings. The molecule has 0 fully saturated rings. The van der Waals surface area contributed by atoms with Crippen LogP contribution in [0, 0.1) is 6.92 Å². The number of anilines is 6. The molecule has 0 aromatic heterocycles. The van der Waals surface area contributed by atoms with Crippen LogP contribution in [-0.2, 0) is 0 Å². The van der Waals surface area contributed by atoms with Gasteiger partial charge in [0.05, 0.1) is 22.7 Å². The molecule has 0 radical (unpaired) electrons. The number of aryl methyl sites for hydroxylation is 1. The van der Waals surface area contributed by atoms with Crippen LogP contribution in [-0.4, -0.2) is 7.05 Å². The first kappa shape index (κ1) is 13.7. The van der Waals surface area contributed by atoms with Gasteiger partial charge in [-0.05, 0) is 55.0 Å². The molecule has 1 heterocycles. The van der Waals surface area contributed by atoms with Crippen molar-refractivity contribution in [2.24, 2.45) is 0 Å². The van der Waals surface area contributed by atoms with Crippen molar-refractivity contribution in [2.75, 3.05) is 22.6 Å². The first-order valence-corrected chi connectivity index (χ1v) is 7.81. The molecule has 3 heteroatoms. The summed E-state index contributed by atoms with van der Waals surface area (Å²) in [6.07, 6.45) is 0. The molecular weight excluding hydrogens is 282 g/mol. The van der Waals surface area contributed by atoms with Gasteiger partial charge in [-0.3, -0.25) is 0 Å². The van der Waals surface area contributed by atoms with Crippen LogP contribution < -0.4 is 15.5 Å². The zero-order valence-corrected chi connectivity index (χ0v) is 13.3. The summed E-state index contributed by atoms with van der Waals surface area (Å²) in [6.45, 7) is 2.12. The van der Waals surface area contributed by atoms with Gasteiger partial charge in [0.25, 0.3) is 0 Å². The van der Waals surface area contributed by atoms with E-state index in [2.05, 4.69) is 83.1 Å². The molecule has 0 spiro atoms. The van der Waals surface area contributed by atoms with Crippen molar-refractivity contribution in [3.8, 4) is 0 Å². The highest BCUT2D eigenvalue weighted by Gasteiger charge is 2.24. The first-order chi connectivity index (χ1) is 11.3. The van der Waals surface area contributed by atoms with E-state index in [-0.39, 0.29) is 0 Å². The molecule has 0 atom stereocenters. The molecular formula is C20H19N3. The standard InChI is InChI=1S/C20H19N3/c1-14-8-11-19-18(12-14)22-17-10-9-15(21-2)13-20(17)23(19)16-6-4-3-5-7-16/h3-13,21-22H,1-2H3. The van der Waals surface area contributed by atoms with E-state index < -0.39 is 0 Å². The van der Waals surface area contributed by atoms with Crippen molar-refractivity contribution in [3.05, 3.63) is 72.3 Å². The summed E-state index contributed by atoms with van der Waals surface area (Å²) in [5, 5.41) is 6.79. The first-order valence-electron chi connectivity index (χ1n) is 7.81. The Morgan fingerprint density at radius 2 is 1.65 bits per heavy atom. The number of rotatable bonds is 2. The van der Waals surface area contributed by atoms with E-state index in [1.165, 1.54) is 11.3 Å². The van der Waals surface area contributed by atoms with Crippen LogP contribution in [0.15, 0.2) is 66.7 Å². The lowest BCUT2D eigenvalue weighted by Crippen LogP contribution is -2.18. The maximum Gasteiger partial charge on any atom is 0.0718 e. The van der Waals surface area contributed by atoms with Crippen molar-refractivity contribution in [2.45, 2.75) is 6.92 Å². The Labute approximate surface area is 136 Å². The SMILES string of the molecule is CNc1ccc2c(c1)N(c1ccccc1)c1ccc(C)cc1N2. The molecule has 0 unspecified atom stereocenters. The molecule has 0 bridgehead atoms. The third kappa shape index (κ3) is 2.30. The second-order valence-corrected chi connectivity index (χ2v) is 5.80. The summed E-state index contributed by atoms with van der Waals surface area (Å²) in [5.41, 5.74) is 8.08. The van der Waals surface area contributed by atoms with E-state index in [1.807, 2.05) is 13.1 Å². The lowest BCUT2D eigenvalue weighted by Gasteiger charge is -2.34. The monoisotopic (exact) mass is 301 g/mol. The molecule has 4 rings (SSSR count). The maximum absolute atomic E-state index is 3.56. The summed E-state index contributed by atoms with van der Waals surface area (Å²) in [7, 11) is 1.95. The number of fused-ring (bicyclic) bond motifs is 2. The molecule has 1 aliphatic heterocycles. The fourth-order valence-electron chi connectivity index (χ4n) is 3.05. The van der Waals surface area contributed by atoms with Gasteiger partial charge >= 0.3 is 0 Å². The third-order valence-electron chi connectivity index (χ3n) is 4.20. The molecule has 114 valence electrons. The second kappa shape index (κ2) is 5.36. The largest absolute Gasteiger partial charge is 0.388 e. The number of para-hydroxylation sites is 1. The molecule has 3 nitrogen and oxygen atoms in total. The van der Waals surface area contributed by atoms with Crippen LogP contribution in [0.25, 0.3) is 0 Å². The molecule has 3 aromatic rings. The van der Waals surface area contributed by atoms with Crippen LogP contribution >= 0.6 is 0 Å². The predicted molar refractivity (Wildman–Crippen MR) is 98.7 cm³/mol. The summed E-state index contributed by atoms with van der Waals surface area (Å²) in [4.78, 5) is 2.31. The Balaban J connectivity index is 1.96. The van der Waals surface area contributed by atoms with Gasteiger partial charge in [-0.15, -0.1) is 0 Å². The quantitative estimate of drug-likeness (QED) is 0.507. The summed E-state index contributed by atoms with van der Waals surface area (Å²) < 4.78 is 0. The summed E-state index contributed by atoms with van der Waals surface area (Å²) in [6, 6.07) is 23.4. The number of nitrogens with zero attached hydrogens (tertiary/aromatic N) is 1. The lowest BCUT2D eigenvalue weighted by atomic mass is 10.1. The van der Waals surface area contributed by atoms with Gasteiger partial charge < -0.3 is 15.5 Å². The van der Waals surface area contributed by atoms with Gasteiger partial charge in [-0.2, -0.15) is 0 Å². The smallest absolute Gasteiger partial charge is 0.0718 e. The van der Waals surface area contributed by atoms with E-state index in [9.17, 15) is 0 Å². The predicted octanol–water partition coefficient (Wildman–Crippen LogP) is 5.56. The normalized spacial score (nSPS) is 12.2. The van der Waals surface area contributed by atoms with Gasteiger partial charge in [-0.1, -0.05) is 24.3 Å². The minimum absolute atomic E-state index is 1.10. The van der Waals surface area contributed by atoms with Crippen molar-refractivity contribution < 1.29 is 0 Å². The van der Waals surface area contributed by atoms with Crippen molar-refractivity contribution in [1.82, 2.24) is 0 Å². The Bertz CT molecular complexity index is 856. The average Bonchev–Trinajstić information content (AvgIpc) is 2.60. The van der Waals surface area contributed by atoms with Gasteiger partial charge in [-0.25, -0.2) is 0 Å². The average molecular weight is 301 g/mol. The zero-order valence-electron chi connectivity index (χ0n) is 13.3. The highest BCUT2D eigenvalue weighted by Crippen LogP contribution is 2.48. The van der Waals surface area contributed by atoms with Crippen molar-refractivity contribution in [3.63, 3.8) is 0 Å². The highest BCUT2D eigenvalue weighted by atomic mass is 15.2. The number of nitrogens with one attached hydrogen (secondary N) is 2. The van der Waals surface area contributed by atoms with E-state index in [1.54, 1.807) is 0 Å². The van der Waals surface area contributed by atoms with E-state index >= 15 is 0 Å². The van der Waals surface area contributed by atoms with Crippen LogP contribution in [0.5, 0.6) is 0 Å². The van der Waals surface area contributed by atoms with Gasteiger partial charge in [0.1, 0.15) is 0 Å². The number of benzene rings is 3. The molecule has 0 saturated carbocycles. The maximum atomic E-state index is 3.56. The highest BCUT2D eigenvalue weighted by molar-refractivity contribution is 5.97. The fraction of sp³-hybridized carbons (Fsp3) is 0.100. The topological polar surface area (TPSA) is 27.3 Å². The molecule has 0 saturated heterocycles. The second-order valence-electron chi connectivity index (χ2n) is 5.80. The van der Waals surface area contributed by atoms with E-state index in [0.29, 0.717) is 0 Å². The Kier molecular flexibility index (Phi) is 3.19. The number of hydrogen-bond acceptors (Lipinski definition) is 3. The molecule has 0 amide bonds. The van der Waals surface area contributed by atoms with E-state index in [0.717, 1.165) is 28.4 Å². The molecule has 2 N–H and O–H groups in total. The van der Waals surface area contributed by atoms with Gasteiger partial charge in [0, 0.05) is 18.4 Å².